The molecule has 0 saturated heterocycles. The predicted molar refractivity (Wildman–Crippen MR) is 94.7 cm³/mol. The van der Waals surface area contributed by atoms with E-state index in [9.17, 15) is 9.18 Å². The third-order valence-electron chi connectivity index (χ3n) is 4.58. The summed E-state index contributed by atoms with van der Waals surface area (Å²) in [6, 6.07) is 12.6. The second kappa shape index (κ2) is 6.61. The first kappa shape index (κ1) is 15.7. The molecular formula is C20H18FN3O. The summed E-state index contributed by atoms with van der Waals surface area (Å²) in [5.74, 6) is -0.620. The number of fused-ring (bicyclic) bond motifs is 2. The molecule has 0 unspecified atom stereocenters. The molecule has 1 aliphatic heterocycles. The highest BCUT2D eigenvalue weighted by atomic mass is 19.1. The zero-order chi connectivity index (χ0) is 17.2. The summed E-state index contributed by atoms with van der Waals surface area (Å²) in [6.07, 6.45) is 2.48. The highest BCUT2D eigenvalue weighted by Gasteiger charge is 2.19. The minimum atomic E-state index is -0.363. The molecule has 2 aromatic carbocycles. The van der Waals surface area contributed by atoms with Gasteiger partial charge in [0, 0.05) is 30.2 Å². The van der Waals surface area contributed by atoms with Crippen LogP contribution in [0, 0.1) is 5.82 Å². The summed E-state index contributed by atoms with van der Waals surface area (Å²) in [5, 5.41) is 7.18. The number of nitrogens with one attached hydrogen (secondary N) is 2. The summed E-state index contributed by atoms with van der Waals surface area (Å²) in [6.45, 7) is 1.75. The van der Waals surface area contributed by atoms with Crippen molar-refractivity contribution >= 4 is 16.8 Å². The van der Waals surface area contributed by atoms with E-state index in [1.807, 2.05) is 30.3 Å². The Balaban J connectivity index is 1.60. The van der Waals surface area contributed by atoms with Crippen LogP contribution in [0.1, 0.15) is 27.0 Å². The second-order valence-electron chi connectivity index (χ2n) is 6.19. The summed E-state index contributed by atoms with van der Waals surface area (Å²) >= 11 is 0. The van der Waals surface area contributed by atoms with Gasteiger partial charge in [0.15, 0.2) is 0 Å². The van der Waals surface area contributed by atoms with Crippen LogP contribution >= 0.6 is 0 Å². The molecule has 4 rings (SSSR count). The Kier molecular flexibility index (Phi) is 4.15. The molecule has 0 spiro atoms. The zero-order valence-corrected chi connectivity index (χ0v) is 13.7. The van der Waals surface area contributed by atoms with E-state index in [1.165, 1.54) is 12.1 Å². The average Bonchev–Trinajstić information content (AvgIpc) is 2.65. The molecule has 25 heavy (non-hydrogen) atoms. The topological polar surface area (TPSA) is 54.0 Å². The predicted octanol–water partition coefficient (Wildman–Crippen LogP) is 2.95. The van der Waals surface area contributed by atoms with E-state index in [1.54, 1.807) is 6.20 Å². The van der Waals surface area contributed by atoms with Crippen molar-refractivity contribution in [3.05, 3.63) is 76.7 Å². The van der Waals surface area contributed by atoms with Crippen LogP contribution in [0.2, 0.25) is 0 Å². The van der Waals surface area contributed by atoms with E-state index in [4.69, 9.17) is 0 Å². The number of hydrogen-bond acceptors (Lipinski definition) is 3. The van der Waals surface area contributed by atoms with Gasteiger partial charge in [0.2, 0.25) is 0 Å². The smallest absolute Gasteiger partial charge is 0.251 e. The molecule has 0 saturated carbocycles. The van der Waals surface area contributed by atoms with Crippen LogP contribution in [0.25, 0.3) is 10.9 Å². The number of amides is 1. The molecule has 2 N–H and O–H groups in total. The molecule has 0 bridgehead atoms. The summed E-state index contributed by atoms with van der Waals surface area (Å²) in [5.41, 5.74) is 4.02. The van der Waals surface area contributed by atoms with Crippen molar-refractivity contribution in [1.29, 1.82) is 0 Å². The van der Waals surface area contributed by atoms with E-state index in [0.29, 0.717) is 18.7 Å². The number of rotatable bonds is 3. The Morgan fingerprint density at radius 1 is 1.24 bits per heavy atom. The number of hydrogen-bond donors (Lipinski definition) is 2. The molecule has 1 aromatic heterocycles. The van der Waals surface area contributed by atoms with E-state index >= 15 is 0 Å². The summed E-state index contributed by atoms with van der Waals surface area (Å²) < 4.78 is 13.9. The van der Waals surface area contributed by atoms with Crippen LogP contribution in [0.15, 0.2) is 48.7 Å². The van der Waals surface area contributed by atoms with Gasteiger partial charge >= 0.3 is 0 Å². The van der Waals surface area contributed by atoms with Gasteiger partial charge < -0.3 is 10.6 Å². The Bertz CT molecular complexity index is 950. The van der Waals surface area contributed by atoms with Crippen molar-refractivity contribution in [3.8, 4) is 0 Å². The van der Waals surface area contributed by atoms with Crippen LogP contribution in [0.5, 0.6) is 0 Å². The van der Waals surface area contributed by atoms with Crippen LogP contribution in [0.3, 0.4) is 0 Å². The Hall–Kier alpha value is -2.79. The number of aromatic nitrogens is 1. The fraction of sp³-hybridized carbons (Fsp3) is 0.200. The van der Waals surface area contributed by atoms with E-state index < -0.39 is 0 Å². The third-order valence-corrected chi connectivity index (χ3v) is 4.58. The quantitative estimate of drug-likeness (QED) is 0.774. The maximum atomic E-state index is 13.9. The molecule has 2 heterocycles. The average molecular weight is 335 g/mol. The van der Waals surface area contributed by atoms with Crippen molar-refractivity contribution in [2.24, 2.45) is 0 Å². The molecule has 4 nitrogen and oxygen atoms in total. The number of carbonyl (C=O) groups excluding carboxylic acids is 1. The van der Waals surface area contributed by atoms with E-state index in [0.717, 1.165) is 40.6 Å². The first-order chi connectivity index (χ1) is 12.2. The van der Waals surface area contributed by atoms with Gasteiger partial charge in [-0.1, -0.05) is 24.3 Å². The summed E-state index contributed by atoms with van der Waals surface area (Å²) in [4.78, 5) is 17.0. The minimum absolute atomic E-state index is 0.257. The maximum absolute atomic E-state index is 13.9. The zero-order valence-electron chi connectivity index (χ0n) is 13.7. The lowest BCUT2D eigenvalue weighted by Crippen LogP contribution is -2.30. The minimum Gasteiger partial charge on any atom is -0.348 e. The first-order valence-corrected chi connectivity index (χ1v) is 8.35. The van der Waals surface area contributed by atoms with Crippen molar-refractivity contribution in [3.63, 3.8) is 0 Å². The summed E-state index contributed by atoms with van der Waals surface area (Å²) in [7, 11) is 0. The second-order valence-corrected chi connectivity index (χ2v) is 6.19. The molecule has 1 aliphatic rings. The van der Waals surface area contributed by atoms with Gasteiger partial charge in [0.25, 0.3) is 5.91 Å². The molecule has 0 fully saturated rings. The van der Waals surface area contributed by atoms with Crippen LogP contribution < -0.4 is 10.6 Å². The lowest BCUT2D eigenvalue weighted by atomic mass is 9.95. The lowest BCUT2D eigenvalue weighted by Gasteiger charge is -2.20. The van der Waals surface area contributed by atoms with Crippen molar-refractivity contribution in [2.75, 3.05) is 6.54 Å². The number of carbonyl (C=O) groups is 1. The molecule has 3 aromatic rings. The highest BCUT2D eigenvalue weighted by molar-refractivity contribution is 5.96. The third kappa shape index (κ3) is 3.10. The standard InChI is InChI=1S/C20H18FN3O/c21-16-9-14-6-8-22-12-18(14)17(10-16)20(25)24-11-15-4-1-3-13-5-2-7-23-19(13)15/h1-5,7,9-10,22H,6,8,11-12H2,(H,24,25). The number of pyridine rings is 1. The maximum Gasteiger partial charge on any atom is 0.251 e. The van der Waals surface area contributed by atoms with Gasteiger partial charge in [-0.15, -0.1) is 0 Å². The fourth-order valence-electron chi connectivity index (χ4n) is 3.34. The Morgan fingerprint density at radius 2 is 2.12 bits per heavy atom. The number of para-hydroxylation sites is 1. The molecule has 0 atom stereocenters. The van der Waals surface area contributed by atoms with Crippen LogP contribution in [0.4, 0.5) is 4.39 Å². The lowest BCUT2D eigenvalue weighted by molar-refractivity contribution is 0.0949. The van der Waals surface area contributed by atoms with Gasteiger partial charge in [0.05, 0.1) is 5.52 Å². The van der Waals surface area contributed by atoms with Crippen LogP contribution in [-0.2, 0) is 19.5 Å². The van der Waals surface area contributed by atoms with Gasteiger partial charge in [0.1, 0.15) is 5.82 Å². The molecule has 126 valence electrons. The Morgan fingerprint density at radius 3 is 3.04 bits per heavy atom. The first-order valence-electron chi connectivity index (χ1n) is 8.35. The Labute approximate surface area is 145 Å². The van der Waals surface area contributed by atoms with Crippen LogP contribution in [-0.4, -0.2) is 17.4 Å². The van der Waals surface area contributed by atoms with Crippen molar-refractivity contribution in [1.82, 2.24) is 15.6 Å². The molecule has 5 heteroatoms. The number of halogens is 1. The highest BCUT2D eigenvalue weighted by Crippen LogP contribution is 2.21. The molecule has 0 radical (unpaired) electrons. The molecular weight excluding hydrogens is 317 g/mol. The van der Waals surface area contributed by atoms with Gasteiger partial charge in [-0.2, -0.15) is 0 Å². The normalized spacial score (nSPS) is 13.5. The van der Waals surface area contributed by atoms with Crippen molar-refractivity contribution < 1.29 is 9.18 Å². The van der Waals surface area contributed by atoms with Gasteiger partial charge in [-0.05, 0) is 47.9 Å². The fourth-order valence-corrected chi connectivity index (χ4v) is 3.34. The monoisotopic (exact) mass is 335 g/mol. The number of nitrogens with zero attached hydrogens (tertiary/aromatic N) is 1. The van der Waals surface area contributed by atoms with E-state index in [-0.39, 0.29) is 11.7 Å². The van der Waals surface area contributed by atoms with Crippen molar-refractivity contribution in [2.45, 2.75) is 19.5 Å². The van der Waals surface area contributed by atoms with Gasteiger partial charge in [-0.25, -0.2) is 4.39 Å². The largest absolute Gasteiger partial charge is 0.348 e. The van der Waals surface area contributed by atoms with E-state index in [2.05, 4.69) is 15.6 Å². The SMILES string of the molecule is O=C(NCc1cccc2cccnc12)c1cc(F)cc2c1CNCC2. The number of benzene rings is 2. The molecule has 1 amide bonds. The molecule has 0 aliphatic carbocycles. The van der Waals surface area contributed by atoms with Gasteiger partial charge in [-0.3, -0.25) is 9.78 Å².